The summed E-state index contributed by atoms with van der Waals surface area (Å²) in [6, 6.07) is 0. The molecule has 0 aromatic rings. The molecule has 0 radical (unpaired) electrons. The smallest absolute Gasteiger partial charge is 0.305 e. The molecule has 1 saturated heterocycles. The van der Waals surface area contributed by atoms with Crippen LogP contribution in [0.3, 0.4) is 0 Å². The van der Waals surface area contributed by atoms with E-state index in [2.05, 4.69) is 0 Å². The molecular formula is C13H22O3. The first-order valence-corrected chi connectivity index (χ1v) is 6.46. The van der Waals surface area contributed by atoms with E-state index in [0.717, 1.165) is 25.7 Å². The maximum atomic E-state index is 11.4. The molecule has 3 heteroatoms. The number of carbonyl (C=O) groups excluding carboxylic acids is 2. The molecule has 16 heavy (non-hydrogen) atoms. The highest BCUT2D eigenvalue weighted by atomic mass is 16.5. The van der Waals surface area contributed by atoms with E-state index in [0.29, 0.717) is 38.1 Å². The lowest BCUT2D eigenvalue weighted by molar-refractivity contribution is -0.143. The molecule has 0 unspecified atom stereocenters. The molecule has 1 aliphatic heterocycles. The fourth-order valence-corrected chi connectivity index (χ4v) is 1.94. The lowest BCUT2D eigenvalue weighted by atomic mass is 10.0. The molecular weight excluding hydrogens is 204 g/mol. The van der Waals surface area contributed by atoms with Crippen molar-refractivity contribution in [3.63, 3.8) is 0 Å². The summed E-state index contributed by atoms with van der Waals surface area (Å²) in [5.74, 6) is 0.148. The van der Waals surface area contributed by atoms with Crippen LogP contribution in [0.15, 0.2) is 0 Å². The average Bonchev–Trinajstić information content (AvgIpc) is 2.26. The Bertz CT molecular complexity index is 201. The molecule has 0 aliphatic carbocycles. The number of esters is 1. The second kappa shape index (κ2) is 8.31. The van der Waals surface area contributed by atoms with Crippen LogP contribution in [-0.4, -0.2) is 18.4 Å². The van der Waals surface area contributed by atoms with Gasteiger partial charge in [-0.25, -0.2) is 0 Å². The van der Waals surface area contributed by atoms with Crippen LogP contribution in [0.1, 0.15) is 64.2 Å². The van der Waals surface area contributed by atoms with E-state index in [9.17, 15) is 9.59 Å². The third-order valence-electron chi connectivity index (χ3n) is 2.95. The first-order chi connectivity index (χ1) is 7.79. The van der Waals surface area contributed by atoms with Crippen LogP contribution in [0.2, 0.25) is 0 Å². The molecule has 1 aliphatic rings. The molecule has 0 amide bonds. The van der Waals surface area contributed by atoms with Gasteiger partial charge in [0.05, 0.1) is 6.61 Å². The van der Waals surface area contributed by atoms with Gasteiger partial charge in [-0.15, -0.1) is 0 Å². The van der Waals surface area contributed by atoms with Crippen molar-refractivity contribution in [2.45, 2.75) is 64.2 Å². The van der Waals surface area contributed by atoms with Crippen molar-refractivity contribution >= 4 is 11.8 Å². The molecule has 0 spiro atoms. The number of hydrogen-bond acceptors (Lipinski definition) is 3. The molecule has 0 N–H and O–H groups in total. The van der Waals surface area contributed by atoms with Crippen molar-refractivity contribution in [1.82, 2.24) is 0 Å². The molecule has 0 aromatic carbocycles. The Kier molecular flexibility index (Phi) is 6.86. The maximum absolute atomic E-state index is 11.4. The predicted octanol–water partition coefficient (Wildman–Crippen LogP) is 3.01. The van der Waals surface area contributed by atoms with Crippen molar-refractivity contribution in [3.8, 4) is 0 Å². The van der Waals surface area contributed by atoms with E-state index in [4.69, 9.17) is 4.74 Å². The highest BCUT2D eigenvalue weighted by Crippen LogP contribution is 2.11. The van der Waals surface area contributed by atoms with Gasteiger partial charge in [-0.2, -0.15) is 0 Å². The predicted molar refractivity (Wildman–Crippen MR) is 62.1 cm³/mol. The maximum Gasteiger partial charge on any atom is 0.305 e. The standard InChI is InChI=1S/C13H22O3/c14-12-8-5-3-1-2-4-6-11-16-13(15)10-7-9-12/h1-11H2. The summed E-state index contributed by atoms with van der Waals surface area (Å²) in [6.45, 7) is 0.548. The van der Waals surface area contributed by atoms with Crippen LogP contribution >= 0.6 is 0 Å². The summed E-state index contributed by atoms with van der Waals surface area (Å²) in [4.78, 5) is 22.6. The average molecular weight is 226 g/mol. The van der Waals surface area contributed by atoms with Gasteiger partial charge >= 0.3 is 5.97 Å². The monoisotopic (exact) mass is 226 g/mol. The first-order valence-electron chi connectivity index (χ1n) is 6.46. The number of Topliss-reactive ketones (excluding diaryl/α,β-unsaturated/α-hetero) is 1. The molecule has 0 aromatic heterocycles. The van der Waals surface area contributed by atoms with E-state index in [1.54, 1.807) is 0 Å². The summed E-state index contributed by atoms with van der Waals surface area (Å²) in [7, 11) is 0. The van der Waals surface area contributed by atoms with E-state index in [1.165, 1.54) is 12.8 Å². The van der Waals surface area contributed by atoms with Crippen molar-refractivity contribution < 1.29 is 14.3 Å². The van der Waals surface area contributed by atoms with E-state index in [-0.39, 0.29) is 5.97 Å². The van der Waals surface area contributed by atoms with Crippen LogP contribution in [0.5, 0.6) is 0 Å². The zero-order valence-corrected chi connectivity index (χ0v) is 10.0. The van der Waals surface area contributed by atoms with E-state index < -0.39 is 0 Å². The molecule has 1 rings (SSSR count). The fourth-order valence-electron chi connectivity index (χ4n) is 1.94. The van der Waals surface area contributed by atoms with Crippen molar-refractivity contribution in [2.75, 3.05) is 6.61 Å². The normalized spacial score (nSPS) is 22.2. The SMILES string of the molecule is O=C1CCCCCCCCOC(=O)CCC1. The number of cyclic esters (lactones) is 1. The number of ether oxygens (including phenoxy) is 1. The Balaban J connectivity index is 2.25. The van der Waals surface area contributed by atoms with Gasteiger partial charge < -0.3 is 4.74 Å². The third-order valence-corrected chi connectivity index (χ3v) is 2.95. The van der Waals surface area contributed by atoms with Crippen LogP contribution in [0.4, 0.5) is 0 Å². The largest absolute Gasteiger partial charge is 0.466 e. The van der Waals surface area contributed by atoms with Crippen molar-refractivity contribution in [3.05, 3.63) is 0 Å². The Hall–Kier alpha value is -0.860. The van der Waals surface area contributed by atoms with Gasteiger partial charge in [-0.1, -0.05) is 25.7 Å². The molecule has 92 valence electrons. The van der Waals surface area contributed by atoms with Gasteiger partial charge in [-0.3, -0.25) is 9.59 Å². The van der Waals surface area contributed by atoms with Gasteiger partial charge in [0.1, 0.15) is 5.78 Å². The topological polar surface area (TPSA) is 43.4 Å². The summed E-state index contributed by atoms with van der Waals surface area (Å²) in [5, 5.41) is 0. The minimum atomic E-state index is -0.148. The first kappa shape index (κ1) is 13.2. The highest BCUT2D eigenvalue weighted by Gasteiger charge is 2.07. The minimum Gasteiger partial charge on any atom is -0.466 e. The Morgan fingerprint density at radius 2 is 1.31 bits per heavy atom. The molecule has 3 nitrogen and oxygen atoms in total. The van der Waals surface area contributed by atoms with Gasteiger partial charge in [0.15, 0.2) is 0 Å². The van der Waals surface area contributed by atoms with Gasteiger partial charge in [0.25, 0.3) is 0 Å². The summed E-state index contributed by atoms with van der Waals surface area (Å²) < 4.78 is 5.07. The van der Waals surface area contributed by atoms with Crippen LogP contribution in [0.25, 0.3) is 0 Å². The molecule has 0 bridgehead atoms. The Labute approximate surface area is 97.5 Å². The van der Waals surface area contributed by atoms with E-state index in [1.807, 2.05) is 0 Å². The van der Waals surface area contributed by atoms with Gasteiger partial charge in [0, 0.05) is 19.3 Å². The molecule has 0 saturated carbocycles. The fraction of sp³-hybridized carbons (Fsp3) is 0.846. The summed E-state index contributed by atoms with van der Waals surface area (Å²) in [6.07, 6.45) is 8.93. The number of ketones is 1. The molecule has 1 heterocycles. The summed E-state index contributed by atoms with van der Waals surface area (Å²) in [5.41, 5.74) is 0. The quantitative estimate of drug-likeness (QED) is 0.596. The summed E-state index contributed by atoms with van der Waals surface area (Å²) >= 11 is 0. The minimum absolute atomic E-state index is 0.148. The lowest BCUT2D eigenvalue weighted by Crippen LogP contribution is -2.07. The third kappa shape index (κ3) is 6.59. The lowest BCUT2D eigenvalue weighted by Gasteiger charge is -2.06. The van der Waals surface area contributed by atoms with Crippen LogP contribution in [-0.2, 0) is 14.3 Å². The Morgan fingerprint density at radius 1 is 0.688 bits per heavy atom. The second-order valence-electron chi connectivity index (χ2n) is 4.48. The van der Waals surface area contributed by atoms with Gasteiger partial charge in [-0.05, 0) is 19.3 Å². The van der Waals surface area contributed by atoms with Crippen LogP contribution in [0, 0.1) is 0 Å². The van der Waals surface area contributed by atoms with Crippen molar-refractivity contribution in [1.29, 1.82) is 0 Å². The Morgan fingerprint density at radius 3 is 2.12 bits per heavy atom. The molecule has 0 atom stereocenters. The zero-order chi connectivity index (χ0) is 11.6. The zero-order valence-electron chi connectivity index (χ0n) is 10.0. The number of carbonyl (C=O) groups is 2. The van der Waals surface area contributed by atoms with E-state index >= 15 is 0 Å². The second-order valence-corrected chi connectivity index (χ2v) is 4.48. The number of hydrogen-bond donors (Lipinski definition) is 0. The van der Waals surface area contributed by atoms with Gasteiger partial charge in [0.2, 0.25) is 0 Å². The highest BCUT2D eigenvalue weighted by molar-refractivity contribution is 5.79. The van der Waals surface area contributed by atoms with Crippen LogP contribution < -0.4 is 0 Å². The molecule has 1 fully saturated rings. The number of rotatable bonds is 0. The van der Waals surface area contributed by atoms with Crippen molar-refractivity contribution in [2.24, 2.45) is 0 Å².